The van der Waals surface area contributed by atoms with Crippen molar-refractivity contribution < 1.29 is 13.7 Å². The Balaban J connectivity index is 2.05. The molecule has 0 aliphatic heterocycles. The lowest BCUT2D eigenvalue weighted by molar-refractivity contribution is 0.317. The summed E-state index contributed by atoms with van der Waals surface area (Å²) in [7, 11) is 1.55. The fourth-order valence-electron chi connectivity index (χ4n) is 2.98. The van der Waals surface area contributed by atoms with E-state index in [2.05, 4.69) is 4.98 Å². The van der Waals surface area contributed by atoms with Gasteiger partial charge >= 0.3 is 5.63 Å². The van der Waals surface area contributed by atoms with Crippen molar-refractivity contribution in [3.8, 4) is 33.8 Å². The van der Waals surface area contributed by atoms with Gasteiger partial charge in [0.25, 0.3) is 0 Å². The summed E-state index contributed by atoms with van der Waals surface area (Å²) >= 11 is 0. The molecule has 0 saturated carbocycles. The van der Waals surface area contributed by atoms with E-state index in [4.69, 9.17) is 9.26 Å². The van der Waals surface area contributed by atoms with Crippen LogP contribution in [0, 0.1) is 5.82 Å². The lowest BCUT2D eigenvalue weighted by Crippen LogP contribution is -1.99. The normalized spacial score (nSPS) is 10.7. The minimum atomic E-state index is -0.528. The number of ether oxygens (including phenoxy) is 1. The van der Waals surface area contributed by atoms with Gasteiger partial charge in [0.2, 0.25) is 0 Å². The predicted octanol–water partition coefficient (Wildman–Crippen LogP) is 4.31. The first kappa shape index (κ1) is 16.8. The molecule has 2 heterocycles. The highest BCUT2D eigenvalue weighted by molar-refractivity contribution is 5.81. The molecular weight excluding hydrogens is 347 g/mol. The van der Waals surface area contributed by atoms with Gasteiger partial charge in [-0.3, -0.25) is 4.98 Å². The van der Waals surface area contributed by atoms with Crippen LogP contribution in [0.1, 0.15) is 0 Å². The van der Waals surface area contributed by atoms with Crippen LogP contribution >= 0.6 is 0 Å². The van der Waals surface area contributed by atoms with E-state index < -0.39 is 5.63 Å². The van der Waals surface area contributed by atoms with Gasteiger partial charge in [-0.1, -0.05) is 24.3 Å². The van der Waals surface area contributed by atoms with Crippen LogP contribution in [0.4, 0.5) is 4.39 Å². The monoisotopic (exact) mass is 362 g/mol. The van der Waals surface area contributed by atoms with Gasteiger partial charge in [0, 0.05) is 18.0 Å². The number of nitrogens with zero attached hydrogens (tertiary/aromatic N) is 2. The minimum absolute atomic E-state index is 0.340. The molecule has 2 aromatic heterocycles. The first-order valence-corrected chi connectivity index (χ1v) is 8.25. The Morgan fingerprint density at radius 3 is 2.37 bits per heavy atom. The Bertz CT molecular complexity index is 1130. The molecule has 0 saturated heterocycles. The van der Waals surface area contributed by atoms with Crippen LogP contribution in [-0.4, -0.2) is 16.8 Å². The van der Waals surface area contributed by atoms with Crippen LogP contribution in [0.5, 0.6) is 5.75 Å². The molecule has 0 N–H and O–H groups in total. The Kier molecular flexibility index (Phi) is 4.30. The summed E-state index contributed by atoms with van der Waals surface area (Å²) in [6.45, 7) is 0. The summed E-state index contributed by atoms with van der Waals surface area (Å²) in [5.41, 5.74) is 2.23. The molecule has 4 rings (SSSR count). The number of para-hydroxylation sites is 2. The highest BCUT2D eigenvalue weighted by atomic mass is 19.1. The topological polar surface area (TPSA) is 57.3 Å². The molecule has 4 aromatic rings. The molecule has 27 heavy (non-hydrogen) atoms. The van der Waals surface area contributed by atoms with Gasteiger partial charge < -0.3 is 9.26 Å². The van der Waals surface area contributed by atoms with E-state index in [0.29, 0.717) is 28.3 Å². The van der Waals surface area contributed by atoms with Crippen molar-refractivity contribution in [2.45, 2.75) is 0 Å². The standard InChI is InChI=1S/C21H15FN2O3/c1-26-18-5-3-2-4-17(18)24-20(15-10-12-23-13-11-15)19(21(25)27-24)14-6-8-16(22)9-7-14/h2-13H,1H3. The van der Waals surface area contributed by atoms with Gasteiger partial charge in [-0.05, 0) is 42.0 Å². The molecule has 2 aromatic carbocycles. The van der Waals surface area contributed by atoms with E-state index >= 15 is 0 Å². The zero-order chi connectivity index (χ0) is 18.8. The maximum absolute atomic E-state index is 13.4. The lowest BCUT2D eigenvalue weighted by atomic mass is 10.0. The van der Waals surface area contributed by atoms with E-state index in [-0.39, 0.29) is 5.82 Å². The van der Waals surface area contributed by atoms with Gasteiger partial charge in [0.1, 0.15) is 22.9 Å². The van der Waals surface area contributed by atoms with Gasteiger partial charge in [-0.15, -0.1) is 0 Å². The third-order valence-corrected chi connectivity index (χ3v) is 4.21. The molecule has 0 aliphatic rings. The smallest absolute Gasteiger partial charge is 0.366 e. The third kappa shape index (κ3) is 3.01. The van der Waals surface area contributed by atoms with Gasteiger partial charge in [-0.2, -0.15) is 4.74 Å². The minimum Gasteiger partial charge on any atom is -0.494 e. The third-order valence-electron chi connectivity index (χ3n) is 4.21. The van der Waals surface area contributed by atoms with Crippen LogP contribution in [0.15, 0.2) is 82.4 Å². The SMILES string of the molecule is COc1ccccc1-n1oc(=O)c(-c2ccc(F)cc2)c1-c1ccncc1. The summed E-state index contributed by atoms with van der Waals surface area (Å²) < 4.78 is 25.8. The van der Waals surface area contributed by atoms with Crippen molar-refractivity contribution in [2.75, 3.05) is 7.11 Å². The Labute approximate surface area is 154 Å². The summed E-state index contributed by atoms with van der Waals surface area (Å²) in [6.07, 6.45) is 3.27. The number of rotatable bonds is 4. The van der Waals surface area contributed by atoms with Crippen LogP contribution < -0.4 is 10.4 Å². The van der Waals surface area contributed by atoms with E-state index in [0.717, 1.165) is 5.56 Å². The van der Waals surface area contributed by atoms with Crippen molar-refractivity contribution in [1.29, 1.82) is 0 Å². The number of benzene rings is 2. The fourth-order valence-corrected chi connectivity index (χ4v) is 2.98. The first-order chi connectivity index (χ1) is 13.2. The number of methoxy groups -OCH3 is 1. The number of hydrogen-bond donors (Lipinski definition) is 0. The highest BCUT2D eigenvalue weighted by Gasteiger charge is 2.23. The fraction of sp³-hybridized carbons (Fsp3) is 0.0476. The molecule has 134 valence electrons. The zero-order valence-corrected chi connectivity index (χ0v) is 14.4. The molecule has 0 spiro atoms. The van der Waals surface area contributed by atoms with Crippen LogP contribution in [-0.2, 0) is 0 Å². The van der Waals surface area contributed by atoms with E-state index in [1.807, 2.05) is 12.1 Å². The van der Waals surface area contributed by atoms with Crippen LogP contribution in [0.2, 0.25) is 0 Å². The Hall–Kier alpha value is -3.67. The van der Waals surface area contributed by atoms with E-state index in [1.54, 1.807) is 55.9 Å². The largest absolute Gasteiger partial charge is 0.494 e. The molecule has 0 unspecified atom stereocenters. The van der Waals surface area contributed by atoms with Crippen molar-refractivity contribution in [1.82, 2.24) is 9.72 Å². The van der Waals surface area contributed by atoms with Crippen molar-refractivity contribution in [2.24, 2.45) is 0 Å². The summed E-state index contributed by atoms with van der Waals surface area (Å²) in [4.78, 5) is 16.8. The molecular formula is C21H15FN2O3. The predicted molar refractivity (Wildman–Crippen MR) is 99.5 cm³/mol. The quantitative estimate of drug-likeness (QED) is 0.543. The summed E-state index contributed by atoms with van der Waals surface area (Å²) in [5, 5.41) is 0. The van der Waals surface area contributed by atoms with Crippen LogP contribution in [0.3, 0.4) is 0 Å². The Morgan fingerprint density at radius 1 is 0.963 bits per heavy atom. The average Bonchev–Trinajstić information content (AvgIpc) is 3.06. The molecule has 0 atom stereocenters. The van der Waals surface area contributed by atoms with E-state index in [1.165, 1.54) is 16.9 Å². The van der Waals surface area contributed by atoms with Gasteiger partial charge in [-0.25, -0.2) is 9.18 Å². The van der Waals surface area contributed by atoms with E-state index in [9.17, 15) is 9.18 Å². The number of aromatic nitrogens is 2. The Morgan fingerprint density at radius 2 is 1.67 bits per heavy atom. The molecule has 0 aliphatic carbocycles. The lowest BCUT2D eigenvalue weighted by Gasteiger charge is -2.11. The molecule has 0 radical (unpaired) electrons. The second-order valence-electron chi connectivity index (χ2n) is 5.81. The molecule has 0 bridgehead atoms. The summed E-state index contributed by atoms with van der Waals surface area (Å²) in [5.74, 6) is 0.176. The molecule has 6 heteroatoms. The highest BCUT2D eigenvalue weighted by Crippen LogP contribution is 2.34. The number of halogens is 1. The average molecular weight is 362 g/mol. The maximum atomic E-state index is 13.4. The second kappa shape index (κ2) is 6.92. The second-order valence-corrected chi connectivity index (χ2v) is 5.81. The van der Waals surface area contributed by atoms with Crippen molar-refractivity contribution >= 4 is 0 Å². The summed E-state index contributed by atoms with van der Waals surface area (Å²) in [6, 6.07) is 16.5. The molecule has 5 nitrogen and oxygen atoms in total. The molecule has 0 amide bonds. The molecule has 0 fully saturated rings. The van der Waals surface area contributed by atoms with Crippen LogP contribution in [0.25, 0.3) is 28.1 Å². The van der Waals surface area contributed by atoms with Crippen molar-refractivity contribution in [3.63, 3.8) is 0 Å². The van der Waals surface area contributed by atoms with Crippen molar-refractivity contribution in [3.05, 3.63) is 89.3 Å². The zero-order valence-electron chi connectivity index (χ0n) is 14.4. The van der Waals surface area contributed by atoms with Gasteiger partial charge in [0.05, 0.1) is 12.7 Å². The first-order valence-electron chi connectivity index (χ1n) is 8.25. The number of hydrogen-bond acceptors (Lipinski definition) is 4. The number of pyridine rings is 1. The maximum Gasteiger partial charge on any atom is 0.366 e. The van der Waals surface area contributed by atoms with Gasteiger partial charge in [0.15, 0.2) is 0 Å².